The monoisotopic (exact) mass is 518 g/mol. The number of aromatic hydroxyl groups is 2. The number of hydrogen-bond acceptors (Lipinski definition) is 7. The fourth-order valence-corrected chi connectivity index (χ4v) is 4.54. The van der Waals surface area contributed by atoms with Crippen LogP contribution in [0.25, 0.3) is 0 Å². The highest BCUT2D eigenvalue weighted by atomic mass is 35.5. The number of fused-ring (bicyclic) bond motifs is 1. The Hall–Kier alpha value is -3.00. The van der Waals surface area contributed by atoms with Crippen LogP contribution in [0.3, 0.4) is 0 Å². The molecule has 1 aromatic carbocycles. The van der Waals surface area contributed by atoms with Crippen LogP contribution in [0.4, 0.5) is 0 Å². The fraction of sp³-hybridized carbons (Fsp3) is 0.519. The van der Waals surface area contributed by atoms with Gasteiger partial charge in [0.05, 0.1) is 10.7 Å². The minimum absolute atomic E-state index is 0.0199. The first-order valence-electron chi connectivity index (χ1n) is 12.6. The number of piperidine rings is 1. The number of benzene rings is 1. The van der Waals surface area contributed by atoms with E-state index in [1.165, 1.54) is 0 Å². The molecule has 0 radical (unpaired) electrons. The summed E-state index contributed by atoms with van der Waals surface area (Å²) in [5.41, 5.74) is 0.440. The molecule has 3 rings (SSSR count). The molecule has 1 unspecified atom stereocenters. The molecule has 2 heterocycles. The van der Waals surface area contributed by atoms with Crippen molar-refractivity contribution in [1.82, 2.24) is 4.90 Å². The van der Waals surface area contributed by atoms with Crippen molar-refractivity contribution in [3.8, 4) is 11.5 Å². The number of esters is 1. The van der Waals surface area contributed by atoms with Gasteiger partial charge in [0.25, 0.3) is 5.91 Å². The van der Waals surface area contributed by atoms with E-state index in [0.29, 0.717) is 18.6 Å². The van der Waals surface area contributed by atoms with Gasteiger partial charge < -0.3 is 24.7 Å². The third kappa shape index (κ3) is 7.75. The second-order valence-electron chi connectivity index (χ2n) is 9.06. The third-order valence-corrected chi connectivity index (χ3v) is 6.64. The van der Waals surface area contributed by atoms with Gasteiger partial charge in [-0.2, -0.15) is 0 Å². The maximum Gasteiger partial charge on any atom is 0.342 e. The maximum absolute atomic E-state index is 13.1. The van der Waals surface area contributed by atoms with E-state index in [2.05, 4.69) is 5.16 Å². The van der Waals surface area contributed by atoms with Crippen molar-refractivity contribution in [3.63, 3.8) is 0 Å². The molecule has 8 nitrogen and oxygen atoms in total. The molecule has 9 heteroatoms. The van der Waals surface area contributed by atoms with E-state index in [-0.39, 0.29) is 46.9 Å². The number of phenolic OH excluding ortho intramolecular Hbond substituents is 2. The molecular weight excluding hydrogens is 484 g/mol. The number of nitrogens with zero attached hydrogens (tertiary/aromatic N) is 2. The molecule has 2 aliphatic heterocycles. The number of ether oxygens (including phenoxy) is 1. The Morgan fingerprint density at radius 1 is 1.17 bits per heavy atom. The normalized spacial score (nSPS) is 22.3. The fourth-order valence-electron chi connectivity index (χ4n) is 4.32. The predicted octanol–water partition coefficient (Wildman–Crippen LogP) is 5.30. The third-order valence-electron chi connectivity index (χ3n) is 6.22. The Morgan fingerprint density at radius 2 is 1.92 bits per heavy atom. The first-order chi connectivity index (χ1) is 17.4. The minimum atomic E-state index is -0.724. The SMILES string of the molecule is CCCC1C/C=C/CC/C=C/C(=N\OCC(=O)N2CCCCC2)Cc2c(Cl)c(O)cc(O)c2C(=O)O1. The quantitative estimate of drug-likeness (QED) is 0.311. The van der Waals surface area contributed by atoms with Crippen molar-refractivity contribution in [2.24, 2.45) is 5.16 Å². The van der Waals surface area contributed by atoms with Gasteiger partial charge in [-0.3, -0.25) is 4.79 Å². The number of cyclic esters (lactones) is 1. The lowest BCUT2D eigenvalue weighted by molar-refractivity contribution is -0.137. The zero-order valence-corrected chi connectivity index (χ0v) is 21.5. The summed E-state index contributed by atoms with van der Waals surface area (Å²) < 4.78 is 5.72. The number of hydrogen-bond donors (Lipinski definition) is 2. The highest BCUT2D eigenvalue weighted by molar-refractivity contribution is 6.33. The Bertz CT molecular complexity index is 1010. The number of likely N-dealkylation sites (tertiary alicyclic amines) is 1. The lowest BCUT2D eigenvalue weighted by Crippen LogP contribution is -2.37. The number of oxime groups is 1. The molecule has 0 aromatic heterocycles. The zero-order valence-electron chi connectivity index (χ0n) is 20.7. The van der Waals surface area contributed by atoms with Gasteiger partial charge in [-0.15, -0.1) is 0 Å². The number of amides is 1. The molecule has 0 aliphatic carbocycles. The van der Waals surface area contributed by atoms with Crippen LogP contribution in [0.15, 0.2) is 35.5 Å². The van der Waals surface area contributed by atoms with Gasteiger partial charge in [-0.1, -0.05) is 48.3 Å². The lowest BCUT2D eigenvalue weighted by Gasteiger charge is -2.26. The van der Waals surface area contributed by atoms with Crippen LogP contribution in [0.1, 0.15) is 74.2 Å². The number of carbonyl (C=O) groups excluding carboxylic acids is 2. The largest absolute Gasteiger partial charge is 0.507 e. The topological polar surface area (TPSA) is 109 Å². The number of rotatable bonds is 5. The van der Waals surface area contributed by atoms with E-state index < -0.39 is 11.7 Å². The van der Waals surface area contributed by atoms with Crippen molar-refractivity contribution >= 4 is 29.2 Å². The molecule has 1 amide bonds. The minimum Gasteiger partial charge on any atom is -0.507 e. The summed E-state index contributed by atoms with van der Waals surface area (Å²) in [5, 5.41) is 24.9. The highest BCUT2D eigenvalue weighted by Crippen LogP contribution is 2.37. The average molecular weight is 519 g/mol. The Kier molecular flexibility index (Phi) is 10.7. The van der Waals surface area contributed by atoms with Gasteiger partial charge in [0.2, 0.25) is 0 Å². The van der Waals surface area contributed by atoms with Gasteiger partial charge in [-0.05, 0) is 50.2 Å². The van der Waals surface area contributed by atoms with Crippen LogP contribution in [0.2, 0.25) is 5.02 Å². The molecule has 1 aromatic rings. The van der Waals surface area contributed by atoms with Crippen molar-refractivity contribution in [1.29, 1.82) is 0 Å². The van der Waals surface area contributed by atoms with Gasteiger partial charge in [0.1, 0.15) is 23.2 Å². The van der Waals surface area contributed by atoms with Crippen LogP contribution in [0.5, 0.6) is 11.5 Å². The first kappa shape index (κ1) is 27.6. The molecular formula is C27H35ClN2O6. The summed E-state index contributed by atoms with van der Waals surface area (Å²) in [6.45, 7) is 3.24. The highest BCUT2D eigenvalue weighted by Gasteiger charge is 2.26. The second kappa shape index (κ2) is 13.9. The summed E-state index contributed by atoms with van der Waals surface area (Å²) in [5.74, 6) is -1.65. The average Bonchev–Trinajstić information content (AvgIpc) is 2.86. The number of phenols is 2. The molecule has 2 aliphatic rings. The second-order valence-corrected chi connectivity index (χ2v) is 9.44. The molecule has 1 atom stereocenters. The first-order valence-corrected chi connectivity index (χ1v) is 13.0. The van der Waals surface area contributed by atoms with E-state index in [1.54, 1.807) is 11.0 Å². The van der Waals surface area contributed by atoms with Crippen LogP contribution >= 0.6 is 11.6 Å². The van der Waals surface area contributed by atoms with Gasteiger partial charge in [-0.25, -0.2) is 4.79 Å². The van der Waals surface area contributed by atoms with Crippen molar-refractivity contribution in [3.05, 3.63) is 46.5 Å². The Balaban J connectivity index is 1.90. The van der Waals surface area contributed by atoms with Gasteiger partial charge >= 0.3 is 5.97 Å². The molecule has 0 spiro atoms. The smallest absolute Gasteiger partial charge is 0.342 e. The van der Waals surface area contributed by atoms with Crippen LogP contribution in [-0.4, -0.2) is 58.5 Å². The predicted molar refractivity (Wildman–Crippen MR) is 139 cm³/mol. The van der Waals surface area contributed by atoms with E-state index in [9.17, 15) is 19.8 Å². The molecule has 36 heavy (non-hydrogen) atoms. The maximum atomic E-state index is 13.1. The van der Waals surface area contributed by atoms with Crippen LogP contribution in [-0.2, 0) is 20.8 Å². The van der Waals surface area contributed by atoms with Crippen LogP contribution < -0.4 is 0 Å². The van der Waals surface area contributed by atoms with Crippen LogP contribution in [0, 0.1) is 0 Å². The summed E-state index contributed by atoms with van der Waals surface area (Å²) in [6, 6.07) is 1.03. The molecule has 1 saturated heterocycles. The standard InChI is InChI=1S/C27H35ClN2O6/c1-2-11-20-13-8-5-3-4-7-12-19(29-35-18-24(33)30-14-9-6-10-15-30)16-21-25(27(34)36-20)22(31)17-23(32)26(21)28/h5,7-8,12,17,20,31-32H,2-4,6,9-11,13-16,18H2,1H3/b8-5+,12-7+,29-19+. The van der Waals surface area contributed by atoms with Gasteiger partial charge in [0, 0.05) is 32.0 Å². The molecule has 0 saturated carbocycles. The molecule has 2 N–H and O–H groups in total. The molecule has 1 fully saturated rings. The lowest BCUT2D eigenvalue weighted by atomic mass is 9.99. The number of carbonyl (C=O) groups is 2. The van der Waals surface area contributed by atoms with Crippen molar-refractivity contribution in [2.75, 3.05) is 19.7 Å². The number of halogens is 1. The van der Waals surface area contributed by atoms with E-state index in [4.69, 9.17) is 21.2 Å². The molecule has 0 bridgehead atoms. The Morgan fingerprint density at radius 3 is 2.67 bits per heavy atom. The summed E-state index contributed by atoms with van der Waals surface area (Å²) in [4.78, 5) is 32.8. The number of allylic oxidation sites excluding steroid dienone is 3. The van der Waals surface area contributed by atoms with Gasteiger partial charge in [0.15, 0.2) is 6.61 Å². The zero-order chi connectivity index (χ0) is 25.9. The van der Waals surface area contributed by atoms with Crippen molar-refractivity contribution < 1.29 is 29.4 Å². The van der Waals surface area contributed by atoms with E-state index in [0.717, 1.165) is 57.7 Å². The Labute approximate surface area is 217 Å². The van der Waals surface area contributed by atoms with E-state index >= 15 is 0 Å². The summed E-state index contributed by atoms with van der Waals surface area (Å²) in [6.07, 6.45) is 14.0. The summed E-state index contributed by atoms with van der Waals surface area (Å²) >= 11 is 6.39. The molecule has 196 valence electrons. The summed E-state index contributed by atoms with van der Waals surface area (Å²) in [7, 11) is 0. The van der Waals surface area contributed by atoms with E-state index in [1.807, 2.05) is 25.2 Å². The van der Waals surface area contributed by atoms with Crippen molar-refractivity contribution in [2.45, 2.75) is 70.8 Å².